The summed E-state index contributed by atoms with van der Waals surface area (Å²) in [6.07, 6.45) is 1.71. The van der Waals surface area contributed by atoms with E-state index in [2.05, 4.69) is 11.6 Å². The number of hydrogen-bond acceptors (Lipinski definition) is 6. The number of allylic oxidation sites excluding steroid dienone is 1. The normalized spacial score (nSPS) is 12.5. The van der Waals surface area contributed by atoms with Crippen LogP contribution in [-0.2, 0) is 26.0 Å². The van der Waals surface area contributed by atoms with Crippen molar-refractivity contribution in [2.75, 3.05) is 40.5 Å². The first-order valence-electron chi connectivity index (χ1n) is 10.4. The smallest absolute Gasteiger partial charge is 0.279 e. The third kappa shape index (κ3) is 5.83. The third-order valence-electron chi connectivity index (χ3n) is 4.99. The van der Waals surface area contributed by atoms with Gasteiger partial charge in [-0.05, 0) is 36.4 Å². The number of rotatable bonds is 11. The number of para-hydroxylation sites is 1. The average Bonchev–Trinajstić information content (AvgIpc) is 3.17. The van der Waals surface area contributed by atoms with Crippen molar-refractivity contribution in [1.29, 1.82) is 0 Å². The predicted octanol–water partition coefficient (Wildman–Crippen LogP) is 3.57. The second-order valence-electron chi connectivity index (χ2n) is 7.20. The van der Waals surface area contributed by atoms with Gasteiger partial charge in [0.05, 0.1) is 33.3 Å². The standard InChI is InChI=1S/C23H26ClN3O5S2/c1-4-12-27-21-19(24)6-5-7-20(21)33-23(27)25-22(28)17-8-10-18(11-9-17)34(29,30)26(13-15-31-2)14-16-32-3/h4-11H,1,12-16H2,2-3H3. The largest absolute Gasteiger partial charge is 0.383 e. The summed E-state index contributed by atoms with van der Waals surface area (Å²) in [7, 11) is -0.763. The van der Waals surface area contributed by atoms with Crippen molar-refractivity contribution in [1.82, 2.24) is 8.87 Å². The van der Waals surface area contributed by atoms with Gasteiger partial charge in [-0.15, -0.1) is 6.58 Å². The monoisotopic (exact) mass is 523 g/mol. The fourth-order valence-corrected chi connectivity index (χ4v) is 6.08. The number of methoxy groups -OCH3 is 2. The molecule has 8 nitrogen and oxygen atoms in total. The van der Waals surface area contributed by atoms with Gasteiger partial charge in [-0.2, -0.15) is 9.30 Å². The van der Waals surface area contributed by atoms with Gasteiger partial charge in [-0.3, -0.25) is 4.79 Å². The number of sulfonamides is 1. The number of hydrogen-bond donors (Lipinski definition) is 0. The number of ether oxygens (including phenoxy) is 2. The summed E-state index contributed by atoms with van der Waals surface area (Å²) in [4.78, 5) is 17.7. The van der Waals surface area contributed by atoms with Crippen LogP contribution in [0, 0.1) is 0 Å². The highest BCUT2D eigenvalue weighted by molar-refractivity contribution is 7.89. The van der Waals surface area contributed by atoms with Crippen molar-refractivity contribution in [3.05, 3.63) is 70.5 Å². The third-order valence-corrected chi connectivity index (χ3v) is 8.25. The number of fused-ring (bicyclic) bond motifs is 1. The van der Waals surface area contributed by atoms with Crippen LogP contribution in [0.5, 0.6) is 0 Å². The van der Waals surface area contributed by atoms with Crippen molar-refractivity contribution < 1.29 is 22.7 Å². The number of nitrogens with zero attached hydrogens (tertiary/aromatic N) is 3. The van der Waals surface area contributed by atoms with Gasteiger partial charge < -0.3 is 14.0 Å². The van der Waals surface area contributed by atoms with Gasteiger partial charge in [-0.1, -0.05) is 35.1 Å². The zero-order valence-corrected chi connectivity index (χ0v) is 21.3. The number of amides is 1. The summed E-state index contributed by atoms with van der Waals surface area (Å²) in [5, 5.41) is 0.561. The molecule has 0 saturated heterocycles. The van der Waals surface area contributed by atoms with Crippen LogP contribution in [0.1, 0.15) is 10.4 Å². The zero-order chi connectivity index (χ0) is 24.7. The SMILES string of the molecule is C=CCn1c(=NC(=O)c2ccc(S(=O)(=O)N(CCOC)CCOC)cc2)sc2cccc(Cl)c21. The summed E-state index contributed by atoms with van der Waals surface area (Å²) >= 11 is 7.71. The summed E-state index contributed by atoms with van der Waals surface area (Å²) in [5.74, 6) is -0.486. The van der Waals surface area contributed by atoms with Gasteiger partial charge in [0, 0.05) is 39.4 Å². The van der Waals surface area contributed by atoms with Gasteiger partial charge in [0.2, 0.25) is 10.0 Å². The highest BCUT2D eigenvalue weighted by Gasteiger charge is 2.24. The van der Waals surface area contributed by atoms with Crippen LogP contribution in [-0.4, -0.2) is 63.7 Å². The Morgan fingerprint density at radius 2 is 1.79 bits per heavy atom. The molecule has 2 aromatic carbocycles. The molecule has 0 unspecified atom stereocenters. The highest BCUT2D eigenvalue weighted by atomic mass is 35.5. The van der Waals surface area contributed by atoms with E-state index < -0.39 is 15.9 Å². The number of thiazole rings is 1. The Kier molecular flexibility index (Phi) is 9.17. The van der Waals surface area contributed by atoms with Crippen molar-refractivity contribution in [3.8, 4) is 0 Å². The molecule has 0 N–H and O–H groups in total. The Hall–Kier alpha value is -2.34. The molecule has 1 heterocycles. The molecule has 0 radical (unpaired) electrons. The van der Waals surface area contributed by atoms with E-state index in [1.807, 2.05) is 16.7 Å². The number of carbonyl (C=O) groups excluding carboxylic acids is 1. The maximum Gasteiger partial charge on any atom is 0.279 e. The molecular formula is C23H26ClN3O5S2. The minimum absolute atomic E-state index is 0.0756. The molecule has 11 heteroatoms. The molecule has 0 atom stereocenters. The van der Waals surface area contributed by atoms with E-state index in [4.69, 9.17) is 21.1 Å². The number of halogens is 1. The van der Waals surface area contributed by atoms with E-state index in [1.54, 1.807) is 12.1 Å². The fourth-order valence-electron chi connectivity index (χ4n) is 3.28. The highest BCUT2D eigenvalue weighted by Crippen LogP contribution is 2.25. The second kappa shape index (κ2) is 11.9. The Bertz CT molecular complexity index is 1320. The predicted molar refractivity (Wildman–Crippen MR) is 134 cm³/mol. The lowest BCUT2D eigenvalue weighted by Crippen LogP contribution is -2.36. The lowest BCUT2D eigenvalue weighted by molar-refractivity contribution is 0.0997. The van der Waals surface area contributed by atoms with Crippen LogP contribution in [0.4, 0.5) is 0 Å². The van der Waals surface area contributed by atoms with Crippen LogP contribution in [0.2, 0.25) is 5.02 Å². The van der Waals surface area contributed by atoms with Crippen LogP contribution in [0.25, 0.3) is 10.2 Å². The first kappa shape index (κ1) is 26.3. The first-order chi connectivity index (χ1) is 16.3. The number of benzene rings is 2. The molecule has 0 aliphatic carbocycles. The first-order valence-corrected chi connectivity index (χ1v) is 13.0. The Labute approximate surface area is 207 Å². The van der Waals surface area contributed by atoms with E-state index in [1.165, 1.54) is 54.1 Å². The second-order valence-corrected chi connectivity index (χ2v) is 10.6. The Morgan fingerprint density at radius 3 is 2.38 bits per heavy atom. The molecule has 0 aliphatic rings. The number of carbonyl (C=O) groups is 1. The van der Waals surface area contributed by atoms with E-state index in [-0.39, 0.29) is 36.8 Å². The van der Waals surface area contributed by atoms with Gasteiger partial charge in [0.25, 0.3) is 5.91 Å². The van der Waals surface area contributed by atoms with Crippen LogP contribution < -0.4 is 4.80 Å². The molecule has 1 aromatic heterocycles. The van der Waals surface area contributed by atoms with Gasteiger partial charge in [0.1, 0.15) is 0 Å². The maximum absolute atomic E-state index is 13.0. The van der Waals surface area contributed by atoms with Crippen LogP contribution >= 0.6 is 22.9 Å². The fraction of sp³-hybridized carbons (Fsp3) is 0.304. The summed E-state index contributed by atoms with van der Waals surface area (Å²) in [6, 6.07) is 11.3. The molecular weight excluding hydrogens is 498 g/mol. The average molecular weight is 524 g/mol. The van der Waals surface area contributed by atoms with Gasteiger partial charge >= 0.3 is 0 Å². The topological polar surface area (TPSA) is 90.2 Å². The van der Waals surface area contributed by atoms with Crippen molar-refractivity contribution in [2.24, 2.45) is 4.99 Å². The molecule has 0 saturated carbocycles. The summed E-state index contributed by atoms with van der Waals surface area (Å²) in [5.41, 5.74) is 1.06. The van der Waals surface area contributed by atoms with Crippen molar-refractivity contribution in [2.45, 2.75) is 11.4 Å². The van der Waals surface area contributed by atoms with Crippen LogP contribution in [0.15, 0.2) is 65.0 Å². The molecule has 1 amide bonds. The summed E-state index contributed by atoms with van der Waals surface area (Å²) < 4.78 is 40.2. The van der Waals surface area contributed by atoms with E-state index in [0.29, 0.717) is 16.4 Å². The van der Waals surface area contributed by atoms with Crippen molar-refractivity contribution in [3.63, 3.8) is 0 Å². The molecule has 0 bridgehead atoms. The molecule has 3 aromatic rings. The van der Waals surface area contributed by atoms with E-state index >= 15 is 0 Å². The molecule has 34 heavy (non-hydrogen) atoms. The Morgan fingerprint density at radius 1 is 1.15 bits per heavy atom. The molecule has 0 spiro atoms. The van der Waals surface area contributed by atoms with Crippen molar-refractivity contribution >= 4 is 49.1 Å². The quantitative estimate of drug-likeness (QED) is 0.358. The lowest BCUT2D eigenvalue weighted by Gasteiger charge is -2.21. The molecule has 0 fully saturated rings. The minimum atomic E-state index is -3.78. The molecule has 182 valence electrons. The van der Waals surface area contributed by atoms with Crippen LogP contribution in [0.3, 0.4) is 0 Å². The molecule has 3 rings (SSSR count). The summed E-state index contributed by atoms with van der Waals surface area (Å²) in [6.45, 7) is 5.09. The van der Waals surface area contributed by atoms with Gasteiger partial charge in [0.15, 0.2) is 4.80 Å². The minimum Gasteiger partial charge on any atom is -0.383 e. The van der Waals surface area contributed by atoms with E-state index in [9.17, 15) is 13.2 Å². The molecule has 0 aliphatic heterocycles. The van der Waals surface area contributed by atoms with E-state index in [0.717, 1.165) is 10.2 Å². The Balaban J connectivity index is 1.92. The lowest BCUT2D eigenvalue weighted by atomic mass is 10.2. The maximum atomic E-state index is 13.0. The zero-order valence-electron chi connectivity index (χ0n) is 18.9. The number of aromatic nitrogens is 1. The van der Waals surface area contributed by atoms with Gasteiger partial charge in [-0.25, -0.2) is 8.42 Å².